The van der Waals surface area contributed by atoms with Crippen LogP contribution in [0.5, 0.6) is 0 Å². The summed E-state index contributed by atoms with van der Waals surface area (Å²) in [5.74, 6) is 0. The van der Waals surface area contributed by atoms with Crippen molar-refractivity contribution in [1.29, 1.82) is 0 Å². The molecule has 0 aliphatic carbocycles. The van der Waals surface area contributed by atoms with E-state index in [9.17, 15) is 5.11 Å². The number of nitrogens with one attached hydrogen (secondary N) is 1. The summed E-state index contributed by atoms with van der Waals surface area (Å²) in [6.45, 7) is 2.84. The van der Waals surface area contributed by atoms with Crippen molar-refractivity contribution in [2.75, 3.05) is 19.7 Å². The Hall–Kier alpha value is -0.420. The first-order chi connectivity index (χ1) is 7.29. The molecule has 0 aromatic carbocycles. The van der Waals surface area contributed by atoms with Gasteiger partial charge in [0.15, 0.2) is 0 Å². The van der Waals surface area contributed by atoms with Gasteiger partial charge in [-0.15, -0.1) is 11.3 Å². The molecule has 2 rings (SSSR count). The predicted octanol–water partition coefficient (Wildman–Crippen LogP) is 1.38. The quantitative estimate of drug-likeness (QED) is 0.816. The van der Waals surface area contributed by atoms with Gasteiger partial charge in [-0.25, -0.2) is 0 Å². The van der Waals surface area contributed by atoms with Gasteiger partial charge in [-0.2, -0.15) is 0 Å². The Morgan fingerprint density at radius 1 is 1.47 bits per heavy atom. The molecule has 0 amide bonds. The third-order valence-electron chi connectivity index (χ3n) is 2.73. The van der Waals surface area contributed by atoms with Crippen molar-refractivity contribution in [2.24, 2.45) is 0 Å². The van der Waals surface area contributed by atoms with Crippen LogP contribution in [0.15, 0.2) is 17.5 Å². The molecule has 15 heavy (non-hydrogen) atoms. The maximum atomic E-state index is 10.1. The summed E-state index contributed by atoms with van der Waals surface area (Å²) in [6, 6.07) is 4.07. The molecule has 84 valence electrons. The predicted molar refractivity (Wildman–Crippen MR) is 61.0 cm³/mol. The van der Waals surface area contributed by atoms with Gasteiger partial charge in [0.05, 0.1) is 18.8 Å². The van der Waals surface area contributed by atoms with Gasteiger partial charge in [-0.1, -0.05) is 6.07 Å². The third-order valence-corrected chi connectivity index (χ3v) is 3.58. The minimum atomic E-state index is -0.609. The van der Waals surface area contributed by atoms with Crippen LogP contribution in [-0.2, 0) is 11.3 Å². The zero-order valence-electron chi connectivity index (χ0n) is 8.74. The Labute approximate surface area is 94.1 Å². The number of hydrogen-bond acceptors (Lipinski definition) is 4. The minimum Gasteiger partial charge on any atom is -0.387 e. The van der Waals surface area contributed by atoms with E-state index in [1.807, 2.05) is 11.4 Å². The molecule has 0 spiro atoms. The fraction of sp³-hybridized carbons (Fsp3) is 0.636. The molecule has 0 saturated carbocycles. The second kappa shape index (κ2) is 5.07. The summed E-state index contributed by atoms with van der Waals surface area (Å²) in [4.78, 5) is 1.22. The lowest BCUT2D eigenvalue weighted by Crippen LogP contribution is -2.45. The highest BCUT2D eigenvalue weighted by Gasteiger charge is 2.29. The van der Waals surface area contributed by atoms with Crippen molar-refractivity contribution in [3.63, 3.8) is 0 Å². The van der Waals surface area contributed by atoms with Crippen LogP contribution >= 0.6 is 11.3 Å². The van der Waals surface area contributed by atoms with E-state index in [1.165, 1.54) is 4.88 Å². The molecule has 0 radical (unpaired) electrons. The Bertz CT molecular complexity index is 281. The molecule has 1 aromatic heterocycles. The number of rotatable bonds is 4. The van der Waals surface area contributed by atoms with Gasteiger partial charge in [0.1, 0.15) is 0 Å². The molecule has 1 saturated heterocycles. The zero-order valence-corrected chi connectivity index (χ0v) is 9.55. The number of hydrogen-bond donors (Lipinski definition) is 2. The zero-order chi connectivity index (χ0) is 10.6. The summed E-state index contributed by atoms with van der Waals surface area (Å²) in [5, 5.41) is 15.4. The van der Waals surface area contributed by atoms with E-state index in [4.69, 9.17) is 4.74 Å². The number of thiophene rings is 1. The fourth-order valence-corrected chi connectivity index (χ4v) is 2.41. The van der Waals surface area contributed by atoms with E-state index in [0.29, 0.717) is 13.2 Å². The lowest BCUT2D eigenvalue weighted by molar-refractivity contribution is -0.0683. The van der Waals surface area contributed by atoms with Gasteiger partial charge in [0, 0.05) is 4.88 Å². The van der Waals surface area contributed by atoms with E-state index in [-0.39, 0.29) is 0 Å². The molecule has 1 aliphatic rings. The first-order valence-corrected chi connectivity index (χ1v) is 6.20. The molecule has 4 heteroatoms. The molecule has 1 aliphatic heterocycles. The van der Waals surface area contributed by atoms with Crippen molar-refractivity contribution >= 4 is 11.3 Å². The minimum absolute atomic E-state index is 0.451. The van der Waals surface area contributed by atoms with E-state index in [1.54, 1.807) is 11.3 Å². The Morgan fingerprint density at radius 2 is 2.27 bits per heavy atom. The number of piperidine rings is 1. The summed E-state index contributed by atoms with van der Waals surface area (Å²) in [7, 11) is 0. The number of ether oxygens (including phenoxy) is 1. The SMILES string of the molecule is OC1(COCc2cccs2)CCNCC1. The van der Waals surface area contributed by atoms with Crippen LogP contribution in [0.2, 0.25) is 0 Å². The van der Waals surface area contributed by atoms with E-state index in [0.717, 1.165) is 25.9 Å². The highest BCUT2D eigenvalue weighted by Crippen LogP contribution is 2.19. The molecule has 0 bridgehead atoms. The second-order valence-electron chi connectivity index (χ2n) is 4.05. The number of aliphatic hydroxyl groups is 1. The van der Waals surface area contributed by atoms with Crippen LogP contribution < -0.4 is 5.32 Å². The molecule has 2 N–H and O–H groups in total. The van der Waals surface area contributed by atoms with Crippen molar-refractivity contribution in [2.45, 2.75) is 25.0 Å². The summed E-state index contributed by atoms with van der Waals surface area (Å²) in [5.41, 5.74) is -0.609. The van der Waals surface area contributed by atoms with Crippen molar-refractivity contribution in [3.8, 4) is 0 Å². The molecule has 2 heterocycles. The van der Waals surface area contributed by atoms with Crippen molar-refractivity contribution in [3.05, 3.63) is 22.4 Å². The highest BCUT2D eigenvalue weighted by molar-refractivity contribution is 7.09. The van der Waals surface area contributed by atoms with Crippen LogP contribution in [0, 0.1) is 0 Å². The summed E-state index contributed by atoms with van der Waals surface area (Å²) < 4.78 is 5.55. The normalized spacial score (nSPS) is 20.3. The maximum Gasteiger partial charge on any atom is 0.0904 e. The van der Waals surface area contributed by atoms with Gasteiger partial charge in [0.25, 0.3) is 0 Å². The largest absolute Gasteiger partial charge is 0.387 e. The molecular formula is C11H17NO2S. The second-order valence-corrected chi connectivity index (χ2v) is 5.08. The van der Waals surface area contributed by atoms with E-state index < -0.39 is 5.60 Å². The summed E-state index contributed by atoms with van der Waals surface area (Å²) >= 11 is 1.69. The lowest BCUT2D eigenvalue weighted by atomic mass is 9.94. The van der Waals surface area contributed by atoms with Crippen molar-refractivity contribution < 1.29 is 9.84 Å². The average molecular weight is 227 g/mol. The van der Waals surface area contributed by atoms with E-state index >= 15 is 0 Å². The highest BCUT2D eigenvalue weighted by atomic mass is 32.1. The maximum absolute atomic E-state index is 10.1. The first-order valence-electron chi connectivity index (χ1n) is 5.32. The molecular weight excluding hydrogens is 210 g/mol. The van der Waals surface area contributed by atoms with Gasteiger partial charge < -0.3 is 15.2 Å². The van der Waals surface area contributed by atoms with Crippen LogP contribution in [-0.4, -0.2) is 30.4 Å². The van der Waals surface area contributed by atoms with Crippen LogP contribution in [0.25, 0.3) is 0 Å². The van der Waals surface area contributed by atoms with Gasteiger partial charge in [-0.05, 0) is 37.4 Å². The Balaban J connectivity index is 1.72. The Kier molecular flexibility index (Phi) is 3.75. The van der Waals surface area contributed by atoms with Crippen LogP contribution in [0.1, 0.15) is 17.7 Å². The molecule has 0 atom stereocenters. The smallest absolute Gasteiger partial charge is 0.0904 e. The fourth-order valence-electron chi connectivity index (χ4n) is 1.77. The van der Waals surface area contributed by atoms with Gasteiger partial charge >= 0.3 is 0 Å². The average Bonchev–Trinajstić information content (AvgIpc) is 2.71. The molecule has 1 aromatic rings. The lowest BCUT2D eigenvalue weighted by Gasteiger charge is -2.32. The van der Waals surface area contributed by atoms with Gasteiger partial charge in [0.2, 0.25) is 0 Å². The summed E-state index contributed by atoms with van der Waals surface area (Å²) in [6.07, 6.45) is 1.58. The molecule has 0 unspecified atom stereocenters. The van der Waals surface area contributed by atoms with Crippen LogP contribution in [0.4, 0.5) is 0 Å². The Morgan fingerprint density at radius 3 is 2.93 bits per heavy atom. The molecule has 3 nitrogen and oxygen atoms in total. The van der Waals surface area contributed by atoms with Crippen LogP contribution in [0.3, 0.4) is 0 Å². The third kappa shape index (κ3) is 3.28. The topological polar surface area (TPSA) is 41.5 Å². The van der Waals surface area contributed by atoms with Crippen molar-refractivity contribution in [1.82, 2.24) is 5.32 Å². The standard InChI is InChI=1S/C11H17NO2S/c13-11(3-5-12-6-4-11)9-14-8-10-2-1-7-15-10/h1-2,7,12-13H,3-6,8-9H2. The first kappa shape index (κ1) is 11.1. The van der Waals surface area contributed by atoms with E-state index in [2.05, 4.69) is 11.4 Å². The monoisotopic (exact) mass is 227 g/mol. The molecule has 1 fully saturated rings. The van der Waals surface area contributed by atoms with Gasteiger partial charge in [-0.3, -0.25) is 0 Å².